The van der Waals surface area contributed by atoms with E-state index in [2.05, 4.69) is 15.2 Å². The molecule has 0 spiro atoms. The first-order chi connectivity index (χ1) is 8.19. The molecule has 1 atom stereocenters. The average molecular weight is 285 g/mol. The van der Waals surface area contributed by atoms with Gasteiger partial charge in [0.25, 0.3) is 0 Å². The third-order valence-electron chi connectivity index (χ3n) is 1.95. The molecule has 0 radical (unpaired) electrons. The number of aromatic nitrogens is 3. The third kappa shape index (κ3) is 3.41. The van der Waals surface area contributed by atoms with Crippen molar-refractivity contribution in [2.75, 3.05) is 6.26 Å². The molecule has 0 aromatic carbocycles. The van der Waals surface area contributed by atoms with Gasteiger partial charge in [-0.15, -0.1) is 10.2 Å². The van der Waals surface area contributed by atoms with Gasteiger partial charge in [-0.05, 0) is 25.3 Å². The van der Waals surface area contributed by atoms with Crippen LogP contribution in [0.4, 0.5) is 0 Å². The first-order valence-electron chi connectivity index (χ1n) is 4.88. The molecule has 0 saturated carbocycles. The molecule has 4 nitrogen and oxygen atoms in total. The normalized spacial score (nSPS) is 12.6. The lowest BCUT2D eigenvalue weighted by atomic mass is 10.2. The topological polar surface area (TPSA) is 58.9 Å². The van der Waals surface area contributed by atoms with Gasteiger partial charge < -0.3 is 5.11 Å². The minimum absolute atomic E-state index is 0.529. The summed E-state index contributed by atoms with van der Waals surface area (Å²) in [5.74, 6) is 0. The highest BCUT2D eigenvalue weighted by Gasteiger charge is 2.07. The summed E-state index contributed by atoms with van der Waals surface area (Å²) in [6, 6.07) is 3.75. The summed E-state index contributed by atoms with van der Waals surface area (Å²) in [5.41, 5.74) is 0.677. The van der Waals surface area contributed by atoms with E-state index in [1.807, 2.05) is 18.4 Å². The minimum atomic E-state index is -0.529. The number of nitrogens with zero attached hydrogens (tertiary/aromatic N) is 3. The molecule has 0 aliphatic carbocycles. The van der Waals surface area contributed by atoms with E-state index in [9.17, 15) is 5.11 Å². The minimum Gasteiger partial charge on any atom is -0.387 e. The Morgan fingerprint density at radius 1 is 1.29 bits per heavy atom. The number of aliphatic hydroxyl groups excluding tert-OH is 1. The zero-order valence-electron chi connectivity index (χ0n) is 9.32. The van der Waals surface area contributed by atoms with Crippen molar-refractivity contribution in [1.29, 1.82) is 0 Å². The summed E-state index contributed by atoms with van der Waals surface area (Å²) < 4.78 is 1.86. The smallest absolute Gasteiger partial charge is 0.179 e. The SMILES string of the molecule is CSc1nnc(Sc2ccc(C(C)O)nc2)s1. The lowest BCUT2D eigenvalue weighted by Gasteiger charge is -2.03. The van der Waals surface area contributed by atoms with Crippen LogP contribution >= 0.6 is 34.9 Å². The maximum atomic E-state index is 9.35. The first-order valence-corrected chi connectivity index (χ1v) is 7.74. The van der Waals surface area contributed by atoms with Crippen LogP contribution in [-0.4, -0.2) is 26.5 Å². The van der Waals surface area contributed by atoms with Gasteiger partial charge in [0.2, 0.25) is 0 Å². The van der Waals surface area contributed by atoms with Crippen LogP contribution in [0, 0.1) is 0 Å². The molecule has 7 heteroatoms. The van der Waals surface area contributed by atoms with Crippen molar-refractivity contribution in [1.82, 2.24) is 15.2 Å². The van der Waals surface area contributed by atoms with Gasteiger partial charge in [0, 0.05) is 11.1 Å². The standard InChI is InChI=1S/C10H11N3OS3/c1-6(14)8-4-3-7(5-11-8)16-10-13-12-9(15-2)17-10/h3-6,14H,1-2H3. The predicted molar refractivity (Wildman–Crippen MR) is 70.7 cm³/mol. The van der Waals surface area contributed by atoms with E-state index in [4.69, 9.17) is 0 Å². The number of rotatable bonds is 4. The van der Waals surface area contributed by atoms with Gasteiger partial charge in [-0.3, -0.25) is 4.98 Å². The molecular weight excluding hydrogens is 274 g/mol. The zero-order valence-corrected chi connectivity index (χ0v) is 11.8. The molecule has 2 rings (SSSR count). The third-order valence-corrected chi connectivity index (χ3v) is 4.88. The molecule has 0 bridgehead atoms. The Labute approximate surface area is 112 Å². The van der Waals surface area contributed by atoms with E-state index in [-0.39, 0.29) is 0 Å². The lowest BCUT2D eigenvalue weighted by molar-refractivity contribution is 0.194. The molecule has 17 heavy (non-hydrogen) atoms. The molecule has 0 fully saturated rings. The van der Waals surface area contributed by atoms with Crippen molar-refractivity contribution in [3.05, 3.63) is 24.0 Å². The fourth-order valence-corrected chi connectivity index (χ4v) is 3.50. The van der Waals surface area contributed by atoms with E-state index in [1.165, 1.54) is 11.8 Å². The van der Waals surface area contributed by atoms with Crippen molar-refractivity contribution >= 4 is 34.9 Å². The highest BCUT2D eigenvalue weighted by molar-refractivity contribution is 8.03. The molecule has 1 N–H and O–H groups in total. The maximum absolute atomic E-state index is 9.35. The molecule has 0 aliphatic rings. The van der Waals surface area contributed by atoms with E-state index in [1.54, 1.807) is 36.2 Å². The average Bonchev–Trinajstić information content (AvgIpc) is 2.77. The predicted octanol–water partition coefficient (Wildman–Crippen LogP) is 2.86. The Hall–Kier alpha value is -0.630. The molecule has 0 amide bonds. The second-order valence-corrected chi connectivity index (χ2v) is 6.59. The number of thioether (sulfide) groups is 1. The number of aliphatic hydroxyl groups is 1. The van der Waals surface area contributed by atoms with Crippen LogP contribution in [0.2, 0.25) is 0 Å². The molecule has 2 heterocycles. The maximum Gasteiger partial charge on any atom is 0.179 e. The van der Waals surface area contributed by atoms with Crippen LogP contribution in [0.1, 0.15) is 18.7 Å². The number of pyridine rings is 1. The fourth-order valence-electron chi connectivity index (χ4n) is 1.12. The van der Waals surface area contributed by atoms with Crippen molar-refractivity contribution in [2.45, 2.75) is 26.6 Å². The fraction of sp³-hybridized carbons (Fsp3) is 0.300. The van der Waals surface area contributed by atoms with Gasteiger partial charge in [-0.25, -0.2) is 0 Å². The zero-order chi connectivity index (χ0) is 12.3. The van der Waals surface area contributed by atoms with E-state index < -0.39 is 6.10 Å². The summed E-state index contributed by atoms with van der Waals surface area (Å²) in [6.07, 6.45) is 3.19. The highest BCUT2D eigenvalue weighted by Crippen LogP contribution is 2.32. The Kier molecular flexibility index (Phi) is 4.38. The number of hydrogen-bond donors (Lipinski definition) is 1. The van der Waals surface area contributed by atoms with Crippen LogP contribution in [0.25, 0.3) is 0 Å². The van der Waals surface area contributed by atoms with E-state index in [0.29, 0.717) is 5.69 Å². The lowest BCUT2D eigenvalue weighted by Crippen LogP contribution is -1.94. The first kappa shape index (κ1) is 12.8. The van der Waals surface area contributed by atoms with Crippen molar-refractivity contribution in [3.8, 4) is 0 Å². The van der Waals surface area contributed by atoms with Gasteiger partial charge in [0.15, 0.2) is 8.68 Å². The Balaban J connectivity index is 2.08. The van der Waals surface area contributed by atoms with Crippen molar-refractivity contribution in [3.63, 3.8) is 0 Å². The Morgan fingerprint density at radius 3 is 2.59 bits per heavy atom. The van der Waals surface area contributed by atoms with E-state index >= 15 is 0 Å². The second-order valence-electron chi connectivity index (χ2n) is 3.23. The molecule has 0 saturated heterocycles. The molecular formula is C10H11N3OS3. The number of hydrogen-bond acceptors (Lipinski definition) is 7. The Bertz CT molecular complexity index is 484. The van der Waals surface area contributed by atoms with Crippen LogP contribution < -0.4 is 0 Å². The second kappa shape index (κ2) is 5.81. The van der Waals surface area contributed by atoms with Crippen molar-refractivity contribution in [2.24, 2.45) is 0 Å². The van der Waals surface area contributed by atoms with Gasteiger partial charge >= 0.3 is 0 Å². The molecule has 0 aliphatic heterocycles. The largest absolute Gasteiger partial charge is 0.387 e. The van der Waals surface area contributed by atoms with Gasteiger partial charge in [-0.1, -0.05) is 34.9 Å². The summed E-state index contributed by atoms with van der Waals surface area (Å²) in [7, 11) is 0. The molecule has 2 aromatic rings. The van der Waals surface area contributed by atoms with E-state index in [0.717, 1.165) is 13.6 Å². The van der Waals surface area contributed by atoms with Crippen molar-refractivity contribution < 1.29 is 5.11 Å². The highest BCUT2D eigenvalue weighted by atomic mass is 32.2. The van der Waals surface area contributed by atoms with Gasteiger partial charge in [0.05, 0.1) is 11.8 Å². The van der Waals surface area contributed by atoms with Gasteiger partial charge in [0.1, 0.15) is 0 Å². The monoisotopic (exact) mass is 285 g/mol. The summed E-state index contributed by atoms with van der Waals surface area (Å²) in [5, 5.41) is 17.4. The summed E-state index contributed by atoms with van der Waals surface area (Å²) in [6.45, 7) is 1.70. The van der Waals surface area contributed by atoms with Crippen LogP contribution in [0.15, 0.2) is 31.9 Å². The summed E-state index contributed by atoms with van der Waals surface area (Å²) in [4.78, 5) is 5.18. The quantitative estimate of drug-likeness (QED) is 0.872. The van der Waals surface area contributed by atoms with Crippen LogP contribution in [0.3, 0.4) is 0 Å². The van der Waals surface area contributed by atoms with Gasteiger partial charge in [-0.2, -0.15) is 0 Å². The molecule has 90 valence electrons. The molecule has 1 unspecified atom stereocenters. The molecule has 2 aromatic heterocycles. The Morgan fingerprint density at radius 2 is 2.06 bits per heavy atom. The van der Waals surface area contributed by atoms with Crippen LogP contribution in [0.5, 0.6) is 0 Å². The summed E-state index contributed by atoms with van der Waals surface area (Å²) >= 11 is 4.69. The van der Waals surface area contributed by atoms with Crippen LogP contribution in [-0.2, 0) is 0 Å².